The number of rotatable bonds is 10. The third-order valence-corrected chi connectivity index (χ3v) is 4.21. The number of anilines is 2. The molecule has 28 heavy (non-hydrogen) atoms. The molecule has 2 aromatic rings. The van der Waals surface area contributed by atoms with Crippen LogP contribution in [0.25, 0.3) is 0 Å². The van der Waals surface area contributed by atoms with Crippen LogP contribution >= 0.6 is 0 Å². The van der Waals surface area contributed by atoms with Gasteiger partial charge in [-0.1, -0.05) is 19.9 Å². The average Bonchev–Trinajstić information content (AvgIpc) is 2.72. The van der Waals surface area contributed by atoms with E-state index in [1.807, 2.05) is 29.2 Å². The first-order valence-corrected chi connectivity index (χ1v) is 9.64. The van der Waals surface area contributed by atoms with E-state index < -0.39 is 0 Å². The Morgan fingerprint density at radius 1 is 0.964 bits per heavy atom. The molecule has 0 radical (unpaired) electrons. The van der Waals surface area contributed by atoms with E-state index in [-0.39, 0.29) is 18.4 Å². The summed E-state index contributed by atoms with van der Waals surface area (Å²) < 4.78 is 5.16. The van der Waals surface area contributed by atoms with Crippen LogP contribution in [0.2, 0.25) is 0 Å². The van der Waals surface area contributed by atoms with Gasteiger partial charge in [0, 0.05) is 36.1 Å². The number of hydrogen-bond acceptors (Lipinski definition) is 4. The van der Waals surface area contributed by atoms with E-state index >= 15 is 0 Å². The van der Waals surface area contributed by atoms with Crippen molar-refractivity contribution in [2.45, 2.75) is 26.7 Å². The van der Waals surface area contributed by atoms with Gasteiger partial charge in [0.25, 0.3) is 5.91 Å². The van der Waals surface area contributed by atoms with Gasteiger partial charge in [-0.05, 0) is 49.2 Å². The maximum Gasteiger partial charge on any atom is 0.253 e. The summed E-state index contributed by atoms with van der Waals surface area (Å²) >= 11 is 0. The molecule has 6 heteroatoms. The molecule has 0 aliphatic carbocycles. The molecule has 6 nitrogen and oxygen atoms in total. The van der Waals surface area contributed by atoms with E-state index in [9.17, 15) is 9.59 Å². The lowest BCUT2D eigenvalue weighted by molar-refractivity contribution is -0.114. The topological polar surface area (TPSA) is 70.7 Å². The third-order valence-electron chi connectivity index (χ3n) is 4.21. The van der Waals surface area contributed by atoms with Crippen molar-refractivity contribution in [2.24, 2.45) is 0 Å². The van der Waals surface area contributed by atoms with E-state index in [1.165, 1.54) is 0 Å². The fourth-order valence-electron chi connectivity index (χ4n) is 2.85. The highest BCUT2D eigenvalue weighted by molar-refractivity contribution is 5.96. The van der Waals surface area contributed by atoms with Crippen molar-refractivity contribution in [1.82, 2.24) is 4.90 Å². The molecule has 0 saturated heterocycles. The predicted octanol–water partition coefficient (Wildman–Crippen LogP) is 4.01. The van der Waals surface area contributed by atoms with Gasteiger partial charge in [-0.25, -0.2) is 0 Å². The molecule has 0 aliphatic rings. The Balaban J connectivity index is 1.90. The zero-order chi connectivity index (χ0) is 20.4. The SMILES string of the molecule is CCCN(CCC)C(=O)c1ccc(NC(=O)CNc2cccc(OC)c2)cc1. The molecule has 0 aromatic heterocycles. The fourth-order valence-corrected chi connectivity index (χ4v) is 2.85. The Kier molecular flexibility index (Phi) is 8.34. The third kappa shape index (κ3) is 6.30. The van der Waals surface area contributed by atoms with Crippen LogP contribution in [0.15, 0.2) is 48.5 Å². The van der Waals surface area contributed by atoms with Gasteiger partial charge >= 0.3 is 0 Å². The minimum atomic E-state index is -0.166. The number of hydrogen-bond donors (Lipinski definition) is 2. The molecule has 2 aromatic carbocycles. The summed E-state index contributed by atoms with van der Waals surface area (Å²) in [5.41, 5.74) is 2.10. The number of methoxy groups -OCH3 is 1. The van der Waals surface area contributed by atoms with Crippen molar-refractivity contribution in [3.8, 4) is 5.75 Å². The quantitative estimate of drug-likeness (QED) is 0.650. The molecular weight excluding hydrogens is 354 g/mol. The second-order valence-electron chi connectivity index (χ2n) is 6.50. The van der Waals surface area contributed by atoms with Gasteiger partial charge < -0.3 is 20.3 Å². The highest BCUT2D eigenvalue weighted by Crippen LogP contribution is 2.17. The Morgan fingerprint density at radius 3 is 2.25 bits per heavy atom. The van der Waals surface area contributed by atoms with Crippen LogP contribution in [0.1, 0.15) is 37.0 Å². The van der Waals surface area contributed by atoms with Crippen LogP contribution < -0.4 is 15.4 Å². The smallest absolute Gasteiger partial charge is 0.253 e. The highest BCUT2D eigenvalue weighted by Gasteiger charge is 2.14. The number of benzene rings is 2. The Bertz CT molecular complexity index is 769. The summed E-state index contributed by atoms with van der Waals surface area (Å²) in [6.45, 7) is 5.76. The molecule has 0 aliphatic heterocycles. The Hall–Kier alpha value is -3.02. The second-order valence-corrected chi connectivity index (χ2v) is 6.50. The van der Waals surface area contributed by atoms with Crippen LogP contribution in [0.4, 0.5) is 11.4 Å². The fraction of sp³-hybridized carbons (Fsp3) is 0.364. The molecule has 0 spiro atoms. The maximum atomic E-state index is 12.6. The highest BCUT2D eigenvalue weighted by atomic mass is 16.5. The predicted molar refractivity (Wildman–Crippen MR) is 113 cm³/mol. The lowest BCUT2D eigenvalue weighted by atomic mass is 10.1. The van der Waals surface area contributed by atoms with Crippen molar-refractivity contribution in [3.63, 3.8) is 0 Å². The minimum absolute atomic E-state index is 0.0290. The number of carbonyl (C=O) groups is 2. The van der Waals surface area contributed by atoms with E-state index in [2.05, 4.69) is 24.5 Å². The van der Waals surface area contributed by atoms with Crippen LogP contribution in [0, 0.1) is 0 Å². The van der Waals surface area contributed by atoms with Crippen molar-refractivity contribution < 1.29 is 14.3 Å². The van der Waals surface area contributed by atoms with Crippen LogP contribution in [0.5, 0.6) is 5.75 Å². The maximum absolute atomic E-state index is 12.6. The molecular formula is C22H29N3O3. The summed E-state index contributed by atoms with van der Waals surface area (Å²) in [5.74, 6) is 0.590. The van der Waals surface area contributed by atoms with Gasteiger partial charge in [-0.15, -0.1) is 0 Å². The Labute approximate surface area is 166 Å². The number of nitrogens with zero attached hydrogens (tertiary/aromatic N) is 1. The van der Waals surface area contributed by atoms with Gasteiger partial charge in [-0.3, -0.25) is 9.59 Å². The number of amides is 2. The van der Waals surface area contributed by atoms with Crippen LogP contribution in [-0.4, -0.2) is 43.5 Å². The Morgan fingerprint density at radius 2 is 1.64 bits per heavy atom. The van der Waals surface area contributed by atoms with Gasteiger partial charge in [0.05, 0.1) is 13.7 Å². The minimum Gasteiger partial charge on any atom is -0.497 e. The lowest BCUT2D eigenvalue weighted by Gasteiger charge is -2.21. The molecule has 0 saturated carbocycles. The zero-order valence-corrected chi connectivity index (χ0v) is 16.8. The van der Waals surface area contributed by atoms with Gasteiger partial charge in [-0.2, -0.15) is 0 Å². The van der Waals surface area contributed by atoms with Gasteiger partial charge in [0.1, 0.15) is 5.75 Å². The first-order valence-electron chi connectivity index (χ1n) is 9.64. The first kappa shape index (κ1) is 21.3. The molecule has 0 heterocycles. The van der Waals surface area contributed by atoms with E-state index in [4.69, 9.17) is 4.74 Å². The lowest BCUT2D eigenvalue weighted by Crippen LogP contribution is -2.32. The van der Waals surface area contributed by atoms with Crippen molar-refractivity contribution in [2.75, 3.05) is 37.4 Å². The number of carbonyl (C=O) groups excluding carboxylic acids is 2. The molecule has 2 rings (SSSR count). The monoisotopic (exact) mass is 383 g/mol. The summed E-state index contributed by atoms with van der Waals surface area (Å²) in [4.78, 5) is 26.6. The molecule has 2 amide bonds. The average molecular weight is 383 g/mol. The molecule has 0 fully saturated rings. The normalized spacial score (nSPS) is 10.2. The second kappa shape index (κ2) is 11.0. The molecule has 0 atom stereocenters. The van der Waals surface area contributed by atoms with Crippen molar-refractivity contribution >= 4 is 23.2 Å². The largest absolute Gasteiger partial charge is 0.497 e. The summed E-state index contributed by atoms with van der Waals surface area (Å²) in [5, 5.41) is 5.89. The van der Waals surface area contributed by atoms with Gasteiger partial charge in [0.15, 0.2) is 0 Å². The number of nitrogens with one attached hydrogen (secondary N) is 2. The molecule has 0 bridgehead atoms. The van der Waals surface area contributed by atoms with Gasteiger partial charge in [0.2, 0.25) is 5.91 Å². The summed E-state index contributed by atoms with van der Waals surface area (Å²) in [6.07, 6.45) is 1.86. The first-order chi connectivity index (χ1) is 13.6. The zero-order valence-electron chi connectivity index (χ0n) is 16.8. The molecule has 2 N–H and O–H groups in total. The van der Waals surface area contributed by atoms with Crippen LogP contribution in [-0.2, 0) is 4.79 Å². The van der Waals surface area contributed by atoms with E-state index in [0.717, 1.165) is 37.4 Å². The van der Waals surface area contributed by atoms with Crippen molar-refractivity contribution in [3.05, 3.63) is 54.1 Å². The summed E-state index contributed by atoms with van der Waals surface area (Å²) in [7, 11) is 1.60. The number of ether oxygens (including phenoxy) is 1. The van der Waals surface area contributed by atoms with Crippen molar-refractivity contribution in [1.29, 1.82) is 0 Å². The molecule has 150 valence electrons. The standard InChI is InChI=1S/C22H29N3O3/c1-4-13-25(14-5-2)22(27)17-9-11-18(12-10-17)24-21(26)16-23-19-7-6-8-20(15-19)28-3/h6-12,15,23H,4-5,13-14,16H2,1-3H3,(H,24,26). The van der Waals surface area contributed by atoms with E-state index in [0.29, 0.717) is 11.3 Å². The van der Waals surface area contributed by atoms with Crippen LogP contribution in [0.3, 0.4) is 0 Å². The summed E-state index contributed by atoms with van der Waals surface area (Å²) in [6, 6.07) is 14.4. The van der Waals surface area contributed by atoms with E-state index in [1.54, 1.807) is 31.4 Å². The molecule has 0 unspecified atom stereocenters.